The highest BCUT2D eigenvalue weighted by Gasteiger charge is 2.26. The molecule has 0 bridgehead atoms. The summed E-state index contributed by atoms with van der Waals surface area (Å²) in [6.07, 6.45) is 2.85. The number of benzene rings is 2. The van der Waals surface area contributed by atoms with Crippen molar-refractivity contribution in [3.63, 3.8) is 0 Å². The Morgan fingerprint density at radius 3 is 2.31 bits per heavy atom. The Morgan fingerprint density at radius 2 is 1.79 bits per heavy atom. The van der Waals surface area contributed by atoms with Crippen molar-refractivity contribution < 1.29 is 13.2 Å². The first kappa shape index (κ1) is 21.0. The number of nitrogens with two attached hydrogens (primary N) is 2. The van der Waals surface area contributed by atoms with Gasteiger partial charge in [0.05, 0.1) is 22.8 Å². The van der Waals surface area contributed by atoms with Crippen LogP contribution in [0.4, 0.5) is 0 Å². The molecular weight excluding hydrogens is 412 g/mol. The van der Waals surface area contributed by atoms with Gasteiger partial charge in [-0.25, -0.2) is 18.2 Å². The first-order valence-corrected chi connectivity index (χ1v) is 10.8. The first-order chi connectivity index (χ1) is 13.6. The third-order valence-electron chi connectivity index (χ3n) is 4.64. The Balaban J connectivity index is 2.23. The predicted octanol–water partition coefficient (Wildman–Crippen LogP) is 2.91. The van der Waals surface area contributed by atoms with Crippen molar-refractivity contribution in [2.24, 2.45) is 10.9 Å². The number of primary amides is 1. The van der Waals surface area contributed by atoms with Crippen LogP contribution in [0.25, 0.3) is 5.69 Å². The molecule has 1 atom stereocenters. The van der Waals surface area contributed by atoms with E-state index in [1.165, 1.54) is 29.2 Å². The molecule has 0 aliphatic carbocycles. The Morgan fingerprint density at radius 1 is 1.14 bits per heavy atom. The van der Waals surface area contributed by atoms with Gasteiger partial charge in [-0.2, -0.15) is 5.10 Å². The Bertz CT molecular complexity index is 1170. The van der Waals surface area contributed by atoms with Crippen LogP contribution in [0.15, 0.2) is 59.8 Å². The summed E-state index contributed by atoms with van der Waals surface area (Å²) in [7, 11) is -4.12. The van der Waals surface area contributed by atoms with Crippen molar-refractivity contribution in [1.29, 1.82) is 0 Å². The molecule has 0 fully saturated rings. The number of sulfonamides is 1. The van der Waals surface area contributed by atoms with Crippen LogP contribution in [0, 0.1) is 0 Å². The van der Waals surface area contributed by atoms with E-state index in [1.807, 2.05) is 38.1 Å². The molecule has 0 aliphatic rings. The molecule has 152 valence electrons. The van der Waals surface area contributed by atoms with E-state index in [1.54, 1.807) is 6.07 Å². The predicted molar refractivity (Wildman–Crippen MR) is 112 cm³/mol. The van der Waals surface area contributed by atoms with Gasteiger partial charge >= 0.3 is 0 Å². The minimum atomic E-state index is -4.12. The highest BCUT2D eigenvalue weighted by atomic mass is 35.5. The van der Waals surface area contributed by atoms with E-state index in [2.05, 4.69) is 5.10 Å². The second kappa shape index (κ2) is 7.98. The van der Waals surface area contributed by atoms with Gasteiger partial charge in [0, 0.05) is 6.20 Å². The number of nitrogens with zero attached hydrogens (tertiary/aromatic N) is 2. The lowest BCUT2D eigenvalue weighted by atomic mass is 9.84. The third-order valence-corrected chi connectivity index (χ3v) is 5.77. The molecule has 3 rings (SSSR count). The van der Waals surface area contributed by atoms with Crippen LogP contribution in [0.1, 0.15) is 42.4 Å². The standard InChI is InChI=1S/C20H21ClN4O3S/c1-12(2)15-5-3-4-6-16(15)19(20(22)26)13-7-8-17(18(9-13)29(23,27)28)25-11-14(21)10-24-25/h3-12,19H,1-2H3,(H2,22,26)(H2,23,27,28). The summed E-state index contributed by atoms with van der Waals surface area (Å²) >= 11 is 5.90. The van der Waals surface area contributed by atoms with Crippen LogP contribution in [0.5, 0.6) is 0 Å². The summed E-state index contributed by atoms with van der Waals surface area (Å²) < 4.78 is 25.9. The minimum absolute atomic E-state index is 0.149. The Labute approximate surface area is 174 Å². The number of hydrogen-bond acceptors (Lipinski definition) is 4. The molecule has 0 saturated heterocycles. The summed E-state index contributed by atoms with van der Waals surface area (Å²) in [6, 6.07) is 12.0. The first-order valence-electron chi connectivity index (χ1n) is 8.85. The van der Waals surface area contributed by atoms with Gasteiger partial charge in [-0.05, 0) is 34.7 Å². The number of carbonyl (C=O) groups is 1. The number of halogens is 1. The van der Waals surface area contributed by atoms with Crippen LogP contribution in [-0.4, -0.2) is 24.1 Å². The molecule has 1 unspecified atom stereocenters. The van der Waals surface area contributed by atoms with Crippen LogP contribution in [0.2, 0.25) is 5.02 Å². The molecule has 0 radical (unpaired) electrons. The van der Waals surface area contributed by atoms with Crippen molar-refractivity contribution in [3.8, 4) is 5.69 Å². The second-order valence-corrected chi connectivity index (χ2v) is 8.96. The lowest BCUT2D eigenvalue weighted by Gasteiger charge is -2.21. The normalized spacial score (nSPS) is 12.9. The molecule has 1 aromatic heterocycles. The fourth-order valence-electron chi connectivity index (χ4n) is 3.36. The van der Waals surface area contributed by atoms with E-state index in [0.29, 0.717) is 10.6 Å². The number of amides is 1. The van der Waals surface area contributed by atoms with Crippen molar-refractivity contribution in [1.82, 2.24) is 9.78 Å². The lowest BCUT2D eigenvalue weighted by molar-refractivity contribution is -0.118. The van der Waals surface area contributed by atoms with Gasteiger partial charge in [0.1, 0.15) is 4.90 Å². The van der Waals surface area contributed by atoms with Crippen LogP contribution < -0.4 is 10.9 Å². The van der Waals surface area contributed by atoms with E-state index >= 15 is 0 Å². The molecule has 0 spiro atoms. The van der Waals surface area contributed by atoms with Crippen molar-refractivity contribution >= 4 is 27.5 Å². The molecule has 0 aliphatic heterocycles. The maximum absolute atomic E-state index is 12.4. The van der Waals surface area contributed by atoms with Gasteiger partial charge < -0.3 is 5.73 Å². The molecule has 0 saturated carbocycles. The van der Waals surface area contributed by atoms with Gasteiger partial charge in [-0.1, -0.05) is 55.8 Å². The van der Waals surface area contributed by atoms with E-state index < -0.39 is 21.8 Å². The summed E-state index contributed by atoms with van der Waals surface area (Å²) in [4.78, 5) is 12.2. The zero-order valence-electron chi connectivity index (χ0n) is 15.9. The summed E-state index contributed by atoms with van der Waals surface area (Å²) in [5.41, 5.74) is 8.06. The zero-order valence-corrected chi connectivity index (χ0v) is 17.5. The molecule has 29 heavy (non-hydrogen) atoms. The maximum Gasteiger partial charge on any atom is 0.240 e. The zero-order chi connectivity index (χ0) is 21.3. The Hall–Kier alpha value is -2.68. The largest absolute Gasteiger partial charge is 0.369 e. The third kappa shape index (κ3) is 4.34. The summed E-state index contributed by atoms with van der Waals surface area (Å²) in [5, 5.41) is 9.83. The molecule has 3 aromatic rings. The van der Waals surface area contributed by atoms with Crippen molar-refractivity contribution in [3.05, 3.63) is 76.6 Å². The van der Waals surface area contributed by atoms with E-state index in [-0.39, 0.29) is 16.5 Å². The van der Waals surface area contributed by atoms with Gasteiger partial charge in [0.25, 0.3) is 0 Å². The monoisotopic (exact) mass is 432 g/mol. The lowest BCUT2D eigenvalue weighted by Crippen LogP contribution is -2.24. The fraction of sp³-hybridized carbons (Fsp3) is 0.200. The van der Waals surface area contributed by atoms with Crippen molar-refractivity contribution in [2.75, 3.05) is 0 Å². The molecule has 2 aromatic carbocycles. The van der Waals surface area contributed by atoms with E-state index in [0.717, 1.165) is 11.1 Å². The topological polar surface area (TPSA) is 121 Å². The SMILES string of the molecule is CC(C)c1ccccc1C(C(N)=O)c1ccc(-n2cc(Cl)cn2)c(S(N)(=O)=O)c1. The fourth-order valence-corrected chi connectivity index (χ4v) is 4.25. The highest BCUT2D eigenvalue weighted by molar-refractivity contribution is 7.89. The molecule has 1 amide bonds. The summed E-state index contributed by atoms with van der Waals surface area (Å²) in [5.74, 6) is -1.27. The van der Waals surface area contributed by atoms with Crippen LogP contribution in [-0.2, 0) is 14.8 Å². The Kier molecular flexibility index (Phi) is 5.79. The molecular formula is C20H21ClN4O3S. The van der Waals surface area contributed by atoms with Gasteiger partial charge in [0.15, 0.2) is 0 Å². The molecule has 1 heterocycles. The van der Waals surface area contributed by atoms with Crippen LogP contribution >= 0.6 is 11.6 Å². The number of primary sulfonamides is 1. The average Bonchev–Trinajstić information content (AvgIpc) is 3.07. The number of hydrogen-bond donors (Lipinski definition) is 2. The van der Waals surface area contributed by atoms with Gasteiger partial charge in [-0.15, -0.1) is 0 Å². The molecule has 4 N–H and O–H groups in total. The minimum Gasteiger partial charge on any atom is -0.369 e. The second-order valence-electron chi connectivity index (χ2n) is 6.99. The van der Waals surface area contributed by atoms with E-state index in [9.17, 15) is 13.2 Å². The average molecular weight is 433 g/mol. The smallest absolute Gasteiger partial charge is 0.240 e. The quantitative estimate of drug-likeness (QED) is 0.621. The van der Waals surface area contributed by atoms with Gasteiger partial charge in [-0.3, -0.25) is 4.79 Å². The van der Waals surface area contributed by atoms with Crippen molar-refractivity contribution in [2.45, 2.75) is 30.6 Å². The van der Waals surface area contributed by atoms with Crippen LogP contribution in [0.3, 0.4) is 0 Å². The maximum atomic E-state index is 12.4. The number of carbonyl (C=O) groups excluding carboxylic acids is 1. The number of rotatable bonds is 6. The molecule has 7 nitrogen and oxygen atoms in total. The van der Waals surface area contributed by atoms with E-state index in [4.69, 9.17) is 22.5 Å². The molecule has 9 heteroatoms. The highest BCUT2D eigenvalue weighted by Crippen LogP contribution is 2.33. The number of aromatic nitrogens is 2. The summed E-state index contributed by atoms with van der Waals surface area (Å²) in [6.45, 7) is 4.02. The van der Waals surface area contributed by atoms with Gasteiger partial charge in [0.2, 0.25) is 15.9 Å².